The number of nitrogens with zero attached hydrogens (tertiary/aromatic N) is 2. The molecule has 0 radical (unpaired) electrons. The van der Waals surface area contributed by atoms with Crippen LogP contribution >= 0.6 is 0 Å². The van der Waals surface area contributed by atoms with Crippen LogP contribution in [0.3, 0.4) is 0 Å². The number of benzene rings is 1. The van der Waals surface area contributed by atoms with Crippen molar-refractivity contribution in [3.63, 3.8) is 0 Å². The molecule has 0 aliphatic carbocycles. The maximum absolute atomic E-state index is 5.85. The monoisotopic (exact) mass is 317 g/mol. The fraction of sp³-hybridized carbons (Fsp3) is 0.667. The molecule has 1 atom stereocenters. The third-order valence-electron chi connectivity index (χ3n) is 5.33. The number of piperidine rings is 1. The minimum atomic E-state index is 0.0757. The number of fused-ring (bicyclic) bond motifs is 1. The highest BCUT2D eigenvalue weighted by atomic mass is 16.5. The molecule has 2 fully saturated rings. The Labute approximate surface area is 138 Å². The van der Waals surface area contributed by atoms with E-state index in [1.165, 1.54) is 24.1 Å². The Morgan fingerprint density at radius 1 is 1.09 bits per heavy atom. The second-order valence-electron chi connectivity index (χ2n) is 6.91. The van der Waals surface area contributed by atoms with E-state index in [-0.39, 0.29) is 6.23 Å². The van der Waals surface area contributed by atoms with Crippen LogP contribution in [-0.4, -0.2) is 56.6 Å². The van der Waals surface area contributed by atoms with Gasteiger partial charge in [-0.3, -0.25) is 4.90 Å². The SMILES string of the molecule is Cc1cc2c(cc1N1CCC(N3CCOCC3)CC1)OC(C)N2. The Balaban J connectivity index is 1.43. The smallest absolute Gasteiger partial charge is 0.167 e. The summed E-state index contributed by atoms with van der Waals surface area (Å²) in [7, 11) is 0. The first-order chi connectivity index (χ1) is 11.2. The third-order valence-corrected chi connectivity index (χ3v) is 5.33. The molecular weight excluding hydrogens is 290 g/mol. The van der Waals surface area contributed by atoms with Crippen LogP contribution in [0, 0.1) is 6.92 Å². The molecule has 3 aliphatic heterocycles. The molecular formula is C18H27N3O2. The quantitative estimate of drug-likeness (QED) is 0.907. The van der Waals surface area contributed by atoms with Crippen molar-refractivity contribution in [2.24, 2.45) is 0 Å². The van der Waals surface area contributed by atoms with Gasteiger partial charge in [-0.05, 0) is 38.3 Å². The van der Waals surface area contributed by atoms with Crippen LogP contribution in [0.4, 0.5) is 11.4 Å². The summed E-state index contributed by atoms with van der Waals surface area (Å²) in [5.74, 6) is 0.994. The van der Waals surface area contributed by atoms with Crippen molar-refractivity contribution in [2.45, 2.75) is 39.0 Å². The summed E-state index contributed by atoms with van der Waals surface area (Å²) in [6.07, 6.45) is 2.56. The second-order valence-corrected chi connectivity index (χ2v) is 6.91. The summed E-state index contributed by atoms with van der Waals surface area (Å²) in [5, 5.41) is 3.36. The van der Waals surface area contributed by atoms with Crippen molar-refractivity contribution < 1.29 is 9.47 Å². The van der Waals surface area contributed by atoms with Crippen molar-refractivity contribution in [3.05, 3.63) is 17.7 Å². The van der Waals surface area contributed by atoms with E-state index >= 15 is 0 Å². The summed E-state index contributed by atoms with van der Waals surface area (Å²) in [6, 6.07) is 5.17. The van der Waals surface area contributed by atoms with Crippen LogP contribution in [0.25, 0.3) is 0 Å². The zero-order chi connectivity index (χ0) is 15.8. The van der Waals surface area contributed by atoms with Crippen molar-refractivity contribution in [2.75, 3.05) is 49.6 Å². The summed E-state index contributed by atoms with van der Waals surface area (Å²) in [6.45, 7) is 10.5. The number of rotatable bonds is 2. The molecule has 0 spiro atoms. The minimum Gasteiger partial charge on any atom is -0.469 e. The van der Waals surface area contributed by atoms with E-state index < -0.39 is 0 Å². The maximum Gasteiger partial charge on any atom is 0.167 e. The van der Waals surface area contributed by atoms with Crippen molar-refractivity contribution in [1.29, 1.82) is 0 Å². The summed E-state index contributed by atoms with van der Waals surface area (Å²) in [5.41, 5.74) is 3.79. The fourth-order valence-electron chi connectivity index (χ4n) is 4.08. The minimum absolute atomic E-state index is 0.0757. The Bertz CT molecular complexity index is 564. The number of hydrogen-bond donors (Lipinski definition) is 1. The molecule has 5 heteroatoms. The predicted octanol–water partition coefficient (Wildman–Crippen LogP) is 2.45. The lowest BCUT2D eigenvalue weighted by Gasteiger charge is -2.41. The van der Waals surface area contributed by atoms with Gasteiger partial charge in [-0.15, -0.1) is 0 Å². The van der Waals surface area contributed by atoms with Crippen molar-refractivity contribution >= 4 is 11.4 Å². The number of ether oxygens (including phenoxy) is 2. The largest absolute Gasteiger partial charge is 0.469 e. The molecule has 1 N–H and O–H groups in total. The molecule has 5 nitrogen and oxygen atoms in total. The molecule has 0 bridgehead atoms. The number of aryl methyl sites for hydroxylation is 1. The van der Waals surface area contributed by atoms with Gasteiger partial charge in [0.1, 0.15) is 5.75 Å². The highest BCUT2D eigenvalue weighted by Crippen LogP contribution is 2.38. The Morgan fingerprint density at radius 3 is 2.57 bits per heavy atom. The molecule has 0 amide bonds. The lowest BCUT2D eigenvalue weighted by Crippen LogP contribution is -2.49. The lowest BCUT2D eigenvalue weighted by atomic mass is 10.0. The van der Waals surface area contributed by atoms with Gasteiger partial charge in [0.25, 0.3) is 0 Å². The first-order valence-corrected chi connectivity index (χ1v) is 8.85. The molecule has 2 saturated heterocycles. The predicted molar refractivity (Wildman–Crippen MR) is 92.5 cm³/mol. The highest BCUT2D eigenvalue weighted by molar-refractivity contribution is 5.70. The zero-order valence-electron chi connectivity index (χ0n) is 14.2. The molecule has 1 aromatic rings. The van der Waals surface area contributed by atoms with Gasteiger partial charge < -0.3 is 19.7 Å². The second kappa shape index (κ2) is 6.21. The first kappa shape index (κ1) is 15.1. The molecule has 3 heterocycles. The molecule has 1 aromatic carbocycles. The summed E-state index contributed by atoms with van der Waals surface area (Å²) < 4.78 is 11.3. The first-order valence-electron chi connectivity index (χ1n) is 8.85. The average Bonchev–Trinajstić information content (AvgIpc) is 2.94. The van der Waals surface area contributed by atoms with E-state index in [1.807, 2.05) is 6.92 Å². The van der Waals surface area contributed by atoms with Crippen LogP contribution < -0.4 is 15.0 Å². The Morgan fingerprint density at radius 2 is 1.83 bits per heavy atom. The van der Waals surface area contributed by atoms with Gasteiger partial charge in [-0.25, -0.2) is 0 Å². The lowest BCUT2D eigenvalue weighted by molar-refractivity contribution is 0.0115. The van der Waals surface area contributed by atoms with Crippen molar-refractivity contribution in [1.82, 2.24) is 4.90 Å². The molecule has 4 rings (SSSR count). The van der Waals surface area contributed by atoms with E-state index in [9.17, 15) is 0 Å². The standard InChI is InChI=1S/C18H27N3O2/c1-13-11-16-18(23-14(2)19-16)12-17(13)21-5-3-15(4-6-21)20-7-9-22-10-8-20/h11-12,14-15,19H,3-10H2,1-2H3. The Kier molecular flexibility index (Phi) is 4.07. The third kappa shape index (κ3) is 3.00. The van der Waals surface area contributed by atoms with E-state index in [0.29, 0.717) is 0 Å². The van der Waals surface area contributed by atoms with Gasteiger partial charge in [0.15, 0.2) is 6.23 Å². The average molecular weight is 317 g/mol. The molecule has 3 aliphatic rings. The van der Waals surface area contributed by atoms with Gasteiger partial charge >= 0.3 is 0 Å². The van der Waals surface area contributed by atoms with Crippen molar-refractivity contribution in [3.8, 4) is 5.75 Å². The van der Waals surface area contributed by atoms with Gasteiger partial charge in [0.05, 0.1) is 18.9 Å². The van der Waals surface area contributed by atoms with E-state index in [1.54, 1.807) is 0 Å². The number of hydrogen-bond acceptors (Lipinski definition) is 5. The molecule has 0 aromatic heterocycles. The van der Waals surface area contributed by atoms with Gasteiger partial charge in [0, 0.05) is 44.0 Å². The summed E-state index contributed by atoms with van der Waals surface area (Å²) in [4.78, 5) is 5.14. The maximum atomic E-state index is 5.85. The van der Waals surface area contributed by atoms with E-state index in [4.69, 9.17) is 9.47 Å². The van der Waals surface area contributed by atoms with Crippen LogP contribution in [0.1, 0.15) is 25.3 Å². The normalized spacial score (nSPS) is 25.8. The molecule has 23 heavy (non-hydrogen) atoms. The van der Waals surface area contributed by atoms with E-state index in [2.05, 4.69) is 34.2 Å². The van der Waals surface area contributed by atoms with Gasteiger partial charge in [0.2, 0.25) is 0 Å². The van der Waals surface area contributed by atoms with Crippen LogP contribution in [0.15, 0.2) is 12.1 Å². The number of anilines is 2. The highest BCUT2D eigenvalue weighted by Gasteiger charge is 2.27. The van der Waals surface area contributed by atoms with E-state index in [0.717, 1.165) is 56.9 Å². The molecule has 126 valence electrons. The topological polar surface area (TPSA) is 37.0 Å². The molecule has 1 unspecified atom stereocenters. The summed E-state index contributed by atoms with van der Waals surface area (Å²) >= 11 is 0. The van der Waals surface area contributed by atoms with Gasteiger partial charge in [-0.2, -0.15) is 0 Å². The van der Waals surface area contributed by atoms with Crippen LogP contribution in [0.5, 0.6) is 5.75 Å². The van der Waals surface area contributed by atoms with Crippen LogP contribution in [0.2, 0.25) is 0 Å². The van der Waals surface area contributed by atoms with Gasteiger partial charge in [-0.1, -0.05) is 0 Å². The number of morpholine rings is 1. The molecule has 0 saturated carbocycles. The fourth-order valence-corrected chi connectivity index (χ4v) is 4.08. The Hall–Kier alpha value is -1.46. The zero-order valence-corrected chi connectivity index (χ0v) is 14.2. The van der Waals surface area contributed by atoms with Crippen LogP contribution in [-0.2, 0) is 4.74 Å². The number of nitrogens with one attached hydrogen (secondary N) is 1.